The molecule has 0 spiro atoms. The van der Waals surface area contributed by atoms with Crippen LogP contribution >= 0.6 is 0 Å². The quantitative estimate of drug-likeness (QED) is 0.691. The van der Waals surface area contributed by atoms with Crippen LogP contribution in [0.3, 0.4) is 0 Å². The van der Waals surface area contributed by atoms with Gasteiger partial charge in [0.15, 0.2) is 0 Å². The Hall–Kier alpha value is -2.74. The molecule has 1 aliphatic rings. The van der Waals surface area contributed by atoms with Crippen molar-refractivity contribution in [2.24, 2.45) is 0 Å². The molecule has 3 amide bonds. The molecule has 0 radical (unpaired) electrons. The van der Waals surface area contributed by atoms with Gasteiger partial charge in [-0.1, -0.05) is 38.3 Å². The highest BCUT2D eigenvalue weighted by molar-refractivity contribution is 5.96. The number of para-hydroxylation sites is 1. The highest BCUT2D eigenvalue weighted by Crippen LogP contribution is 2.17. The highest BCUT2D eigenvalue weighted by Gasteiger charge is 2.24. The average molecular weight is 399 g/mol. The number of aromatic amines is 1. The lowest BCUT2D eigenvalue weighted by Crippen LogP contribution is -2.51. The molecule has 1 aromatic heterocycles. The second-order valence-corrected chi connectivity index (χ2v) is 7.57. The average Bonchev–Trinajstić information content (AvgIpc) is 2.72. The lowest BCUT2D eigenvalue weighted by atomic mass is 9.96. The molecule has 1 atom stereocenters. The Morgan fingerprint density at radius 2 is 1.97 bits per heavy atom. The minimum atomic E-state index is -0.547. The molecule has 0 saturated heterocycles. The summed E-state index contributed by atoms with van der Waals surface area (Å²) in [4.78, 5) is 46.1. The smallest absolute Gasteiger partial charge is 0.321 e. The van der Waals surface area contributed by atoms with Crippen LogP contribution in [0.15, 0.2) is 29.1 Å². The van der Waals surface area contributed by atoms with Crippen LogP contribution in [0.25, 0.3) is 10.9 Å². The topological polar surface area (TPSA) is 107 Å². The maximum atomic E-state index is 12.6. The number of aromatic nitrogens is 2. The number of carbonyl (C=O) groups excluding carboxylic acids is 2. The van der Waals surface area contributed by atoms with E-state index >= 15 is 0 Å². The van der Waals surface area contributed by atoms with E-state index in [0.717, 1.165) is 25.7 Å². The van der Waals surface area contributed by atoms with Gasteiger partial charge in [0.05, 0.1) is 23.5 Å². The first kappa shape index (κ1) is 21.0. The van der Waals surface area contributed by atoms with E-state index in [-0.39, 0.29) is 17.5 Å². The molecule has 3 N–H and O–H groups in total. The van der Waals surface area contributed by atoms with Gasteiger partial charge in [-0.3, -0.25) is 19.8 Å². The van der Waals surface area contributed by atoms with Crippen LogP contribution in [-0.2, 0) is 11.3 Å². The minimum absolute atomic E-state index is 0.140. The van der Waals surface area contributed by atoms with Crippen molar-refractivity contribution in [3.05, 3.63) is 40.4 Å². The maximum absolute atomic E-state index is 12.6. The predicted molar refractivity (Wildman–Crippen MR) is 111 cm³/mol. The molecule has 8 heteroatoms. The van der Waals surface area contributed by atoms with Crippen molar-refractivity contribution >= 4 is 22.8 Å². The van der Waals surface area contributed by atoms with Crippen molar-refractivity contribution in [3.8, 4) is 0 Å². The summed E-state index contributed by atoms with van der Waals surface area (Å²) in [7, 11) is 0. The number of likely N-dealkylation sites (N-methyl/N-ethyl adjacent to an activating group) is 1. The molecule has 0 aliphatic heterocycles. The van der Waals surface area contributed by atoms with Crippen LogP contribution in [0.1, 0.15) is 51.8 Å². The second-order valence-electron chi connectivity index (χ2n) is 7.57. The van der Waals surface area contributed by atoms with Crippen molar-refractivity contribution in [2.45, 2.75) is 64.6 Å². The summed E-state index contributed by atoms with van der Waals surface area (Å²) >= 11 is 0. The Morgan fingerprint density at radius 1 is 1.24 bits per heavy atom. The lowest BCUT2D eigenvalue weighted by molar-refractivity contribution is -0.124. The molecule has 156 valence electrons. The summed E-state index contributed by atoms with van der Waals surface area (Å²) in [6.45, 7) is 4.53. The minimum Gasteiger partial charge on any atom is -0.335 e. The third kappa shape index (κ3) is 5.41. The summed E-state index contributed by atoms with van der Waals surface area (Å²) < 4.78 is 0. The van der Waals surface area contributed by atoms with Gasteiger partial charge in [-0.05, 0) is 38.4 Å². The van der Waals surface area contributed by atoms with Crippen LogP contribution in [0, 0.1) is 0 Å². The van der Waals surface area contributed by atoms with Gasteiger partial charge in [0, 0.05) is 6.04 Å². The Morgan fingerprint density at radius 3 is 2.69 bits per heavy atom. The third-order valence-electron chi connectivity index (χ3n) is 5.53. The number of hydrogen-bond acceptors (Lipinski definition) is 5. The van der Waals surface area contributed by atoms with E-state index in [4.69, 9.17) is 0 Å². The number of hydrogen-bond donors (Lipinski definition) is 3. The molecular formula is C21H29N5O3. The largest absolute Gasteiger partial charge is 0.335 e. The highest BCUT2D eigenvalue weighted by atomic mass is 16.2. The summed E-state index contributed by atoms with van der Waals surface area (Å²) in [5, 5.41) is 5.87. The Bertz CT molecular complexity index is 920. The van der Waals surface area contributed by atoms with Gasteiger partial charge >= 0.3 is 6.03 Å². The van der Waals surface area contributed by atoms with Crippen molar-refractivity contribution in [1.82, 2.24) is 25.5 Å². The predicted octanol–water partition coefficient (Wildman–Crippen LogP) is 2.29. The number of imide groups is 1. The third-order valence-corrected chi connectivity index (χ3v) is 5.53. The van der Waals surface area contributed by atoms with Gasteiger partial charge in [0.2, 0.25) is 5.91 Å². The molecule has 1 fully saturated rings. The zero-order valence-electron chi connectivity index (χ0n) is 17.0. The zero-order valence-corrected chi connectivity index (χ0v) is 17.0. The number of fused-ring (bicyclic) bond motifs is 1. The fourth-order valence-corrected chi connectivity index (χ4v) is 3.78. The lowest BCUT2D eigenvalue weighted by Gasteiger charge is -2.27. The maximum Gasteiger partial charge on any atom is 0.321 e. The number of urea groups is 1. The zero-order chi connectivity index (χ0) is 20.8. The summed E-state index contributed by atoms with van der Waals surface area (Å²) in [6.07, 6.45) is 5.33. The first-order chi connectivity index (χ1) is 14.0. The van der Waals surface area contributed by atoms with Gasteiger partial charge in [-0.2, -0.15) is 0 Å². The van der Waals surface area contributed by atoms with Crippen molar-refractivity contribution in [2.75, 3.05) is 6.54 Å². The Kier molecular flexibility index (Phi) is 6.98. The number of nitrogens with one attached hydrogen (secondary N) is 3. The summed E-state index contributed by atoms with van der Waals surface area (Å²) in [6, 6.07) is 6.29. The fraction of sp³-hybridized carbons (Fsp3) is 0.524. The van der Waals surface area contributed by atoms with Crippen LogP contribution in [-0.4, -0.2) is 45.4 Å². The van der Waals surface area contributed by atoms with E-state index in [9.17, 15) is 14.4 Å². The molecule has 1 aliphatic carbocycles. The number of H-pyrrole nitrogens is 1. The van der Waals surface area contributed by atoms with E-state index in [1.807, 2.05) is 17.9 Å². The standard InChI is InChI=1S/C21H29N5O3/c1-3-26(13-18-23-17-12-8-7-11-16(17)20(28)24-18)14(2)19(27)25-21(29)22-15-9-5-4-6-10-15/h7-8,11-12,14-15H,3-6,9-10,13H2,1-2H3,(H,23,24,28)(H2,22,25,27,29). The first-order valence-electron chi connectivity index (χ1n) is 10.3. The van der Waals surface area contributed by atoms with Crippen LogP contribution < -0.4 is 16.2 Å². The second kappa shape index (κ2) is 9.65. The number of carbonyl (C=O) groups is 2. The number of rotatable bonds is 6. The molecule has 1 saturated carbocycles. The van der Waals surface area contributed by atoms with Crippen molar-refractivity contribution < 1.29 is 9.59 Å². The van der Waals surface area contributed by atoms with Crippen molar-refractivity contribution in [1.29, 1.82) is 0 Å². The molecule has 1 aromatic carbocycles. The number of benzene rings is 1. The summed E-state index contributed by atoms with van der Waals surface area (Å²) in [5.41, 5.74) is 0.414. The van der Waals surface area contributed by atoms with E-state index in [2.05, 4.69) is 20.6 Å². The summed E-state index contributed by atoms with van der Waals surface area (Å²) in [5.74, 6) is 0.116. The molecule has 3 rings (SSSR count). The van der Waals surface area contributed by atoms with Gasteiger partial charge in [0.25, 0.3) is 5.56 Å². The monoisotopic (exact) mass is 399 g/mol. The van der Waals surface area contributed by atoms with Crippen LogP contribution in [0.4, 0.5) is 4.79 Å². The fourth-order valence-electron chi connectivity index (χ4n) is 3.78. The van der Waals surface area contributed by atoms with E-state index in [1.54, 1.807) is 25.1 Å². The molecule has 1 heterocycles. The molecular weight excluding hydrogens is 370 g/mol. The van der Waals surface area contributed by atoms with E-state index < -0.39 is 12.1 Å². The van der Waals surface area contributed by atoms with E-state index in [1.165, 1.54) is 6.42 Å². The normalized spacial score (nSPS) is 16.0. The molecule has 8 nitrogen and oxygen atoms in total. The molecule has 29 heavy (non-hydrogen) atoms. The number of amides is 3. The number of nitrogens with zero attached hydrogens (tertiary/aromatic N) is 2. The SMILES string of the molecule is CCN(Cc1nc2ccccc2c(=O)[nH]1)C(C)C(=O)NC(=O)NC1CCCCC1. The Balaban J connectivity index is 1.62. The van der Waals surface area contributed by atoms with Crippen LogP contribution in [0.5, 0.6) is 0 Å². The molecule has 1 unspecified atom stereocenters. The first-order valence-corrected chi connectivity index (χ1v) is 10.3. The molecule has 2 aromatic rings. The Labute approximate surface area is 170 Å². The van der Waals surface area contributed by atoms with Crippen LogP contribution in [0.2, 0.25) is 0 Å². The van der Waals surface area contributed by atoms with Gasteiger partial charge in [-0.15, -0.1) is 0 Å². The van der Waals surface area contributed by atoms with E-state index in [0.29, 0.717) is 29.8 Å². The van der Waals surface area contributed by atoms with Gasteiger partial charge in [-0.25, -0.2) is 9.78 Å². The van der Waals surface area contributed by atoms with Gasteiger partial charge < -0.3 is 10.3 Å². The molecule has 0 bridgehead atoms. The van der Waals surface area contributed by atoms with Crippen molar-refractivity contribution in [3.63, 3.8) is 0 Å². The van der Waals surface area contributed by atoms with Gasteiger partial charge in [0.1, 0.15) is 5.82 Å².